The Hall–Kier alpha value is -2.31. The summed E-state index contributed by atoms with van der Waals surface area (Å²) in [5, 5.41) is -0.149. The highest BCUT2D eigenvalue weighted by Crippen LogP contribution is 2.37. The van der Waals surface area contributed by atoms with Gasteiger partial charge < -0.3 is 10.5 Å². The Morgan fingerprint density at radius 2 is 2.00 bits per heavy atom. The molecule has 7 heteroatoms. The number of primary amides is 1. The molecule has 0 unspecified atom stereocenters. The zero-order chi connectivity index (χ0) is 13.3. The lowest BCUT2D eigenvalue weighted by Gasteiger charge is -2.11. The number of nitrogens with two attached hydrogens (primary N) is 1. The topological polar surface area (TPSA) is 65.2 Å². The molecule has 2 aromatic rings. The molecule has 4 nitrogen and oxygen atoms in total. The van der Waals surface area contributed by atoms with Crippen molar-refractivity contribution < 1.29 is 22.7 Å². The van der Waals surface area contributed by atoms with Crippen molar-refractivity contribution in [3.63, 3.8) is 0 Å². The van der Waals surface area contributed by atoms with Crippen molar-refractivity contribution >= 4 is 17.0 Å². The van der Waals surface area contributed by atoms with Crippen LogP contribution < -0.4 is 10.5 Å². The predicted octanol–water partition coefficient (Wildman–Crippen LogP) is 2.71. The van der Waals surface area contributed by atoms with Crippen LogP contribution in [0.4, 0.5) is 18.0 Å². The van der Waals surface area contributed by atoms with Gasteiger partial charge in [0.25, 0.3) is 0 Å². The Balaban J connectivity index is 2.70. The van der Waals surface area contributed by atoms with Gasteiger partial charge in [0.05, 0.1) is 5.56 Å². The fraction of sp³-hybridized carbons (Fsp3) is 0.0909. The first-order chi connectivity index (χ1) is 8.39. The molecule has 0 saturated carbocycles. The summed E-state index contributed by atoms with van der Waals surface area (Å²) in [5.41, 5.74) is 3.92. The molecule has 0 aliphatic rings. The number of hydrogen-bond acceptors (Lipinski definition) is 3. The quantitative estimate of drug-likeness (QED) is 0.853. The first-order valence-corrected chi connectivity index (χ1v) is 4.82. The van der Waals surface area contributed by atoms with E-state index < -0.39 is 17.8 Å². The predicted molar refractivity (Wildman–Crippen MR) is 57.0 cm³/mol. The van der Waals surface area contributed by atoms with Gasteiger partial charge in [0, 0.05) is 11.6 Å². The van der Waals surface area contributed by atoms with E-state index in [-0.39, 0.29) is 16.7 Å². The Bertz CT molecular complexity index is 611. The van der Waals surface area contributed by atoms with Crippen molar-refractivity contribution in [1.82, 2.24) is 4.98 Å². The molecule has 2 rings (SSSR count). The van der Waals surface area contributed by atoms with Crippen LogP contribution in [0.1, 0.15) is 5.56 Å². The molecule has 1 heterocycles. The Morgan fingerprint density at radius 1 is 1.28 bits per heavy atom. The number of benzene rings is 1. The van der Waals surface area contributed by atoms with E-state index in [1.54, 1.807) is 0 Å². The molecule has 0 atom stereocenters. The standard InChI is InChI=1S/C11H7F3N2O2/c12-11(13,14)7-3-4-8(18-10(15)17)9-6(7)2-1-5-16-9/h1-5H,(H2,15,17). The Morgan fingerprint density at radius 3 is 2.61 bits per heavy atom. The number of carbonyl (C=O) groups excluding carboxylic acids is 1. The molecule has 0 radical (unpaired) electrons. The number of amides is 1. The molecule has 0 fully saturated rings. The number of nitrogens with zero attached hydrogens (tertiary/aromatic N) is 1. The van der Waals surface area contributed by atoms with E-state index in [2.05, 4.69) is 9.72 Å². The number of hydrogen-bond donors (Lipinski definition) is 1. The van der Waals surface area contributed by atoms with Crippen LogP contribution in [0.25, 0.3) is 10.9 Å². The van der Waals surface area contributed by atoms with Gasteiger partial charge in [0.15, 0.2) is 5.75 Å². The fourth-order valence-corrected chi connectivity index (χ4v) is 1.58. The summed E-state index contributed by atoms with van der Waals surface area (Å²) in [4.78, 5) is 14.4. The summed E-state index contributed by atoms with van der Waals surface area (Å²) in [5.74, 6) is -0.105. The van der Waals surface area contributed by atoms with Gasteiger partial charge >= 0.3 is 12.3 Å². The van der Waals surface area contributed by atoms with Crippen molar-refractivity contribution in [3.8, 4) is 5.75 Å². The zero-order valence-electron chi connectivity index (χ0n) is 8.86. The van der Waals surface area contributed by atoms with Gasteiger partial charge in [-0.1, -0.05) is 6.07 Å². The molecule has 94 valence electrons. The number of halogens is 3. The molecule has 1 aromatic heterocycles. The van der Waals surface area contributed by atoms with Crippen LogP contribution in [-0.4, -0.2) is 11.1 Å². The maximum absolute atomic E-state index is 12.8. The van der Waals surface area contributed by atoms with E-state index in [0.717, 1.165) is 12.1 Å². The van der Waals surface area contributed by atoms with Crippen LogP contribution in [-0.2, 0) is 6.18 Å². The smallest absolute Gasteiger partial charge is 0.408 e. The van der Waals surface area contributed by atoms with E-state index in [1.165, 1.54) is 18.3 Å². The van der Waals surface area contributed by atoms with Gasteiger partial charge in [-0.05, 0) is 18.2 Å². The number of carbonyl (C=O) groups is 1. The van der Waals surface area contributed by atoms with Crippen LogP contribution in [0, 0.1) is 0 Å². The van der Waals surface area contributed by atoms with Crippen molar-refractivity contribution in [2.24, 2.45) is 5.73 Å². The van der Waals surface area contributed by atoms with E-state index in [1.807, 2.05) is 0 Å². The molecule has 0 spiro atoms. The summed E-state index contributed by atoms with van der Waals surface area (Å²) in [6, 6.07) is 4.45. The lowest BCUT2D eigenvalue weighted by atomic mass is 10.1. The molecule has 1 amide bonds. The largest absolute Gasteiger partial charge is 0.417 e. The minimum Gasteiger partial charge on any atom is -0.408 e. The van der Waals surface area contributed by atoms with E-state index in [9.17, 15) is 18.0 Å². The molecule has 2 N–H and O–H groups in total. The minimum atomic E-state index is -4.51. The van der Waals surface area contributed by atoms with Gasteiger partial charge in [-0.2, -0.15) is 13.2 Å². The van der Waals surface area contributed by atoms with Gasteiger partial charge in [0.2, 0.25) is 0 Å². The third-order valence-electron chi connectivity index (χ3n) is 2.25. The number of pyridine rings is 1. The van der Waals surface area contributed by atoms with Crippen molar-refractivity contribution in [2.45, 2.75) is 6.18 Å². The lowest BCUT2D eigenvalue weighted by Crippen LogP contribution is -2.17. The first-order valence-electron chi connectivity index (χ1n) is 4.82. The van der Waals surface area contributed by atoms with Gasteiger partial charge in [-0.3, -0.25) is 4.98 Å². The van der Waals surface area contributed by atoms with Crippen LogP contribution in [0.15, 0.2) is 30.5 Å². The lowest BCUT2D eigenvalue weighted by molar-refractivity contribution is -0.136. The molecular weight excluding hydrogens is 249 g/mol. The molecule has 1 aromatic carbocycles. The third-order valence-corrected chi connectivity index (χ3v) is 2.25. The van der Waals surface area contributed by atoms with Gasteiger partial charge in [-0.15, -0.1) is 0 Å². The normalized spacial score (nSPS) is 11.5. The summed E-state index contributed by atoms with van der Waals surface area (Å²) in [7, 11) is 0. The minimum absolute atomic E-state index is 0.0638. The van der Waals surface area contributed by atoms with Crippen molar-refractivity contribution in [3.05, 3.63) is 36.0 Å². The zero-order valence-corrected chi connectivity index (χ0v) is 8.86. The monoisotopic (exact) mass is 256 g/mol. The highest BCUT2D eigenvalue weighted by Gasteiger charge is 2.33. The van der Waals surface area contributed by atoms with Gasteiger partial charge in [-0.25, -0.2) is 4.79 Å². The van der Waals surface area contributed by atoms with E-state index >= 15 is 0 Å². The highest BCUT2D eigenvalue weighted by molar-refractivity contribution is 5.89. The second-order valence-corrected chi connectivity index (χ2v) is 3.43. The highest BCUT2D eigenvalue weighted by atomic mass is 19.4. The molecule has 0 aliphatic heterocycles. The Kier molecular flexibility index (Phi) is 2.82. The molecule has 18 heavy (non-hydrogen) atoms. The summed E-state index contributed by atoms with van der Waals surface area (Å²) >= 11 is 0. The summed E-state index contributed by atoms with van der Waals surface area (Å²) in [6.45, 7) is 0. The third kappa shape index (κ3) is 2.20. The maximum atomic E-state index is 12.8. The van der Waals surface area contributed by atoms with Crippen LogP contribution in [0.3, 0.4) is 0 Å². The molecular formula is C11H7F3N2O2. The number of alkyl halides is 3. The number of aromatic nitrogens is 1. The second-order valence-electron chi connectivity index (χ2n) is 3.43. The second kappa shape index (κ2) is 4.17. The average Bonchev–Trinajstić information content (AvgIpc) is 2.27. The fourth-order valence-electron chi connectivity index (χ4n) is 1.58. The molecule has 0 aliphatic carbocycles. The van der Waals surface area contributed by atoms with Crippen molar-refractivity contribution in [1.29, 1.82) is 0 Å². The van der Waals surface area contributed by atoms with Crippen molar-refractivity contribution in [2.75, 3.05) is 0 Å². The first kappa shape index (κ1) is 12.2. The van der Waals surface area contributed by atoms with E-state index in [0.29, 0.717) is 0 Å². The summed E-state index contributed by atoms with van der Waals surface area (Å²) < 4.78 is 42.9. The van der Waals surface area contributed by atoms with Crippen LogP contribution in [0.5, 0.6) is 5.75 Å². The van der Waals surface area contributed by atoms with Crippen LogP contribution >= 0.6 is 0 Å². The average molecular weight is 256 g/mol. The number of fused-ring (bicyclic) bond motifs is 1. The maximum Gasteiger partial charge on any atom is 0.417 e. The summed E-state index contributed by atoms with van der Waals surface area (Å²) in [6.07, 6.45) is -4.32. The molecule has 0 bridgehead atoms. The van der Waals surface area contributed by atoms with Crippen LogP contribution in [0.2, 0.25) is 0 Å². The molecule has 0 saturated heterocycles. The Labute approximate surface area is 99.2 Å². The number of ether oxygens (including phenoxy) is 1. The SMILES string of the molecule is NC(=O)Oc1ccc(C(F)(F)F)c2cccnc12. The van der Waals surface area contributed by atoms with E-state index in [4.69, 9.17) is 5.73 Å². The van der Waals surface area contributed by atoms with Gasteiger partial charge in [0.1, 0.15) is 5.52 Å². The number of rotatable bonds is 1.